The first-order chi connectivity index (χ1) is 17.9. The van der Waals surface area contributed by atoms with E-state index in [0.717, 1.165) is 5.57 Å². The molecular formula is C27H28ClFN4O4. The van der Waals surface area contributed by atoms with Crippen LogP contribution in [0, 0.1) is 5.82 Å². The molecule has 2 N–H and O–H groups in total. The van der Waals surface area contributed by atoms with Crippen molar-refractivity contribution in [3.05, 3.63) is 76.6 Å². The van der Waals surface area contributed by atoms with E-state index in [1.54, 1.807) is 36.6 Å². The Kier molecular flexibility index (Phi) is 9.97. The molecule has 0 unspecified atom stereocenters. The minimum absolute atomic E-state index is 0.0428. The van der Waals surface area contributed by atoms with Gasteiger partial charge in [0.25, 0.3) is 0 Å². The monoisotopic (exact) mass is 526 g/mol. The Morgan fingerprint density at radius 3 is 2.65 bits per heavy atom. The van der Waals surface area contributed by atoms with E-state index in [9.17, 15) is 9.90 Å². The van der Waals surface area contributed by atoms with Gasteiger partial charge in [0.15, 0.2) is 0 Å². The molecule has 0 amide bonds. The number of aromatic carboxylic acids is 1. The number of carboxylic acid groups (broad SMARTS) is 1. The fraction of sp³-hybridized carbons (Fsp3) is 0.259. The highest BCUT2D eigenvalue weighted by Gasteiger charge is 2.22. The van der Waals surface area contributed by atoms with Crippen LogP contribution in [0.15, 0.2) is 74.7 Å². The van der Waals surface area contributed by atoms with Gasteiger partial charge in [-0.1, -0.05) is 18.2 Å². The van der Waals surface area contributed by atoms with Crippen molar-refractivity contribution >= 4 is 41.1 Å². The summed E-state index contributed by atoms with van der Waals surface area (Å²) in [4.78, 5) is 25.2. The van der Waals surface area contributed by atoms with Crippen molar-refractivity contribution in [1.82, 2.24) is 0 Å². The van der Waals surface area contributed by atoms with E-state index in [1.807, 2.05) is 13.0 Å². The van der Waals surface area contributed by atoms with Gasteiger partial charge in [-0.3, -0.25) is 4.99 Å². The Morgan fingerprint density at radius 2 is 1.97 bits per heavy atom. The smallest absolute Gasteiger partial charge is 0.339 e. The van der Waals surface area contributed by atoms with Crippen LogP contribution in [0.25, 0.3) is 0 Å². The lowest BCUT2D eigenvalue weighted by molar-refractivity contribution is 0.0693. The van der Waals surface area contributed by atoms with Crippen LogP contribution in [0.2, 0.25) is 0 Å². The highest BCUT2D eigenvalue weighted by Crippen LogP contribution is 2.29. The molecule has 0 spiro atoms. The molecule has 1 heterocycles. The van der Waals surface area contributed by atoms with E-state index in [1.165, 1.54) is 26.4 Å². The molecule has 0 atom stereocenters. The topological polar surface area (TPSA) is 105 Å². The van der Waals surface area contributed by atoms with E-state index < -0.39 is 11.8 Å². The van der Waals surface area contributed by atoms with Crippen LogP contribution >= 0.6 is 11.6 Å². The third-order valence-corrected chi connectivity index (χ3v) is 5.65. The zero-order valence-corrected chi connectivity index (χ0v) is 21.6. The summed E-state index contributed by atoms with van der Waals surface area (Å²) < 4.78 is 25.7. The van der Waals surface area contributed by atoms with Crippen LogP contribution in [0.1, 0.15) is 29.3 Å². The van der Waals surface area contributed by atoms with Crippen molar-refractivity contribution in [2.45, 2.75) is 13.3 Å². The number of benzene rings is 2. The van der Waals surface area contributed by atoms with Crippen LogP contribution in [0.5, 0.6) is 11.5 Å². The van der Waals surface area contributed by atoms with Crippen LogP contribution in [-0.4, -0.2) is 62.2 Å². The maximum absolute atomic E-state index is 15.1. The molecule has 8 nitrogen and oxygen atoms in total. The fourth-order valence-corrected chi connectivity index (χ4v) is 3.88. The number of guanidine groups is 1. The van der Waals surface area contributed by atoms with Crippen molar-refractivity contribution in [2.24, 2.45) is 15.0 Å². The predicted octanol–water partition coefficient (Wildman–Crippen LogP) is 5.38. The maximum atomic E-state index is 15.1. The lowest BCUT2D eigenvalue weighted by Gasteiger charge is -2.17. The van der Waals surface area contributed by atoms with Crippen molar-refractivity contribution < 1.29 is 23.8 Å². The molecule has 0 bridgehead atoms. The van der Waals surface area contributed by atoms with Crippen molar-refractivity contribution in [2.75, 3.05) is 38.5 Å². The third kappa shape index (κ3) is 6.83. The first-order valence-electron chi connectivity index (χ1n) is 11.5. The Balaban J connectivity index is 2.01. The van der Waals surface area contributed by atoms with E-state index in [2.05, 4.69) is 15.3 Å². The number of ether oxygens (including phenoxy) is 2. The number of hydrogen-bond acceptors (Lipinski definition) is 7. The van der Waals surface area contributed by atoms with Gasteiger partial charge in [0.1, 0.15) is 22.9 Å². The zero-order valence-electron chi connectivity index (χ0n) is 20.8. The second-order valence-corrected chi connectivity index (χ2v) is 8.03. The summed E-state index contributed by atoms with van der Waals surface area (Å²) >= 11 is 6.11. The highest BCUT2D eigenvalue weighted by atomic mass is 35.5. The van der Waals surface area contributed by atoms with Crippen LogP contribution < -0.4 is 14.8 Å². The minimum atomic E-state index is -1.09. The second kappa shape index (κ2) is 13.4. The van der Waals surface area contributed by atoms with Gasteiger partial charge >= 0.3 is 5.97 Å². The molecule has 2 aromatic carbocycles. The average molecular weight is 527 g/mol. The second-order valence-electron chi connectivity index (χ2n) is 7.72. The largest absolute Gasteiger partial charge is 0.496 e. The van der Waals surface area contributed by atoms with E-state index >= 15 is 4.39 Å². The van der Waals surface area contributed by atoms with Crippen molar-refractivity contribution in [1.29, 1.82) is 0 Å². The van der Waals surface area contributed by atoms with E-state index in [-0.39, 0.29) is 29.3 Å². The molecule has 1 aliphatic heterocycles. The number of hydrogen-bond donors (Lipinski definition) is 2. The molecule has 194 valence electrons. The van der Waals surface area contributed by atoms with Crippen molar-refractivity contribution in [3.63, 3.8) is 0 Å². The number of carbonyl (C=O) groups is 1. The molecule has 37 heavy (non-hydrogen) atoms. The average Bonchev–Trinajstić information content (AvgIpc) is 2.93. The van der Waals surface area contributed by atoms with Gasteiger partial charge in [0, 0.05) is 42.4 Å². The number of carboxylic acids is 1. The molecule has 0 fully saturated rings. The number of anilines is 1. The van der Waals surface area contributed by atoms with Crippen LogP contribution in [0.4, 0.5) is 10.1 Å². The summed E-state index contributed by atoms with van der Waals surface area (Å²) in [5, 5.41) is 12.4. The highest BCUT2D eigenvalue weighted by molar-refractivity contribution is 6.21. The quantitative estimate of drug-likeness (QED) is 0.491. The summed E-state index contributed by atoms with van der Waals surface area (Å²) in [7, 11) is 2.89. The molecule has 3 rings (SSSR count). The summed E-state index contributed by atoms with van der Waals surface area (Å²) in [6.07, 6.45) is 5.77. The number of nitrogens with zero attached hydrogens (tertiary/aromatic N) is 3. The van der Waals surface area contributed by atoms with E-state index in [0.29, 0.717) is 41.6 Å². The van der Waals surface area contributed by atoms with Gasteiger partial charge in [-0.05, 0) is 36.8 Å². The molecule has 2 aromatic rings. The SMILES string of the molecule is C/C=C1/C/N=C(Nc2ccc(C(=O)O)c(OC)c2)\N=C/CC\N=C(c2c(F)cccc2OC)/C1=C/CCl. The molecule has 10 heteroatoms. The first-order valence-corrected chi connectivity index (χ1v) is 12.0. The third-order valence-electron chi connectivity index (χ3n) is 5.49. The van der Waals surface area contributed by atoms with Gasteiger partial charge in [-0.2, -0.15) is 0 Å². The Bertz CT molecular complexity index is 1300. The number of rotatable bonds is 6. The lowest BCUT2D eigenvalue weighted by Crippen LogP contribution is -2.15. The maximum Gasteiger partial charge on any atom is 0.339 e. The summed E-state index contributed by atoms with van der Waals surface area (Å²) in [5.74, 6) is -0.486. The minimum Gasteiger partial charge on any atom is -0.496 e. The van der Waals surface area contributed by atoms with Crippen LogP contribution in [-0.2, 0) is 0 Å². The number of aliphatic imine (C=N–C) groups is 3. The molecule has 0 aromatic heterocycles. The summed E-state index contributed by atoms with van der Waals surface area (Å²) in [6.45, 7) is 2.38. The summed E-state index contributed by atoms with van der Waals surface area (Å²) in [6, 6.07) is 9.25. The summed E-state index contributed by atoms with van der Waals surface area (Å²) in [5.41, 5.74) is 2.70. The number of allylic oxidation sites excluding steroid dienone is 2. The molecule has 0 radical (unpaired) electrons. The van der Waals surface area contributed by atoms with Gasteiger partial charge in [-0.25, -0.2) is 19.2 Å². The van der Waals surface area contributed by atoms with E-state index in [4.69, 9.17) is 26.1 Å². The Labute approximate surface area is 219 Å². The van der Waals surface area contributed by atoms with Gasteiger partial charge < -0.3 is 19.9 Å². The van der Waals surface area contributed by atoms with Gasteiger partial charge in [-0.15, -0.1) is 11.6 Å². The predicted molar refractivity (Wildman–Crippen MR) is 146 cm³/mol. The zero-order chi connectivity index (χ0) is 26.8. The molecule has 1 aliphatic rings. The number of nitrogens with one attached hydrogen (secondary N) is 1. The number of methoxy groups -OCH3 is 2. The molecule has 0 saturated heterocycles. The van der Waals surface area contributed by atoms with Gasteiger partial charge in [0.2, 0.25) is 5.96 Å². The fourth-order valence-electron chi connectivity index (χ4n) is 3.72. The Morgan fingerprint density at radius 1 is 1.19 bits per heavy atom. The molecule has 0 aliphatic carbocycles. The number of alkyl halides is 1. The number of halogens is 2. The first kappa shape index (κ1) is 27.6. The molecular weight excluding hydrogens is 499 g/mol. The van der Waals surface area contributed by atoms with Crippen molar-refractivity contribution in [3.8, 4) is 11.5 Å². The molecule has 0 saturated carbocycles. The normalized spacial score (nSPS) is 20.2. The lowest BCUT2D eigenvalue weighted by atomic mass is 9.94. The van der Waals surface area contributed by atoms with Crippen LogP contribution in [0.3, 0.4) is 0 Å². The van der Waals surface area contributed by atoms with Gasteiger partial charge in [0.05, 0.1) is 32.0 Å². The Hall–Kier alpha value is -3.98. The standard InChI is InChI=1S/C27H28ClFN4O4/c1-4-17-16-32-27(33-18-9-10-20(26(34)35)23(15-18)37-3)31-14-6-13-30-25(19(17)11-12-28)24-21(29)7-5-8-22(24)36-2/h4-5,7-11,14-15H,6,12-13,16H2,1-3H3,(H,32,33)(H,34,35)/b17-4-,19-11+,30-25+,31-14-.